The van der Waals surface area contributed by atoms with Crippen LogP contribution >= 0.6 is 0 Å². The van der Waals surface area contributed by atoms with Crippen molar-refractivity contribution in [1.82, 2.24) is 5.32 Å². The molecule has 2 aromatic rings. The Morgan fingerprint density at radius 3 is 2.27 bits per heavy atom. The minimum Gasteiger partial charge on any atom is -0.480 e. The SMILES string of the molecule is CC(C)CC1(C(=O)O)NC(c2ccc([N+](=O)[O-])cc2)C2C(=O)N(c3ccc(F)cc3)C(=O)C21. The first-order valence-corrected chi connectivity index (χ1v) is 10.5. The molecule has 2 aromatic carbocycles. The Labute approximate surface area is 188 Å². The number of carboxylic acids is 1. The van der Waals surface area contributed by atoms with E-state index in [0.717, 1.165) is 17.0 Å². The van der Waals surface area contributed by atoms with Crippen LogP contribution in [-0.2, 0) is 14.4 Å². The predicted octanol–water partition coefficient (Wildman–Crippen LogP) is 3.05. The average molecular weight is 455 g/mol. The van der Waals surface area contributed by atoms with Crippen molar-refractivity contribution in [3.8, 4) is 0 Å². The maximum atomic E-state index is 13.5. The second-order valence-corrected chi connectivity index (χ2v) is 8.84. The van der Waals surface area contributed by atoms with Crippen LogP contribution in [0.4, 0.5) is 15.8 Å². The van der Waals surface area contributed by atoms with E-state index < -0.39 is 51.9 Å². The van der Waals surface area contributed by atoms with E-state index in [1.54, 1.807) is 0 Å². The zero-order valence-corrected chi connectivity index (χ0v) is 17.9. The van der Waals surface area contributed by atoms with Gasteiger partial charge >= 0.3 is 5.97 Å². The molecule has 0 aliphatic carbocycles. The number of aliphatic carboxylic acids is 1. The Balaban J connectivity index is 1.84. The van der Waals surface area contributed by atoms with Gasteiger partial charge in [-0.2, -0.15) is 0 Å². The van der Waals surface area contributed by atoms with Crippen LogP contribution in [0, 0.1) is 33.7 Å². The molecule has 2 amide bonds. The van der Waals surface area contributed by atoms with Crippen molar-refractivity contribution < 1.29 is 28.8 Å². The molecule has 2 aliphatic rings. The van der Waals surface area contributed by atoms with Gasteiger partial charge in [-0.3, -0.25) is 29.8 Å². The minimum absolute atomic E-state index is 0.0866. The highest BCUT2D eigenvalue weighted by molar-refractivity contribution is 6.24. The number of nitrogens with one attached hydrogen (secondary N) is 1. The maximum absolute atomic E-state index is 13.5. The molecular weight excluding hydrogens is 433 g/mol. The number of benzene rings is 2. The smallest absolute Gasteiger partial charge is 0.324 e. The number of nitro benzene ring substituents is 1. The standard InChI is InChI=1S/C23H22FN3O6/c1-12(2)11-23(22(30)31)18-17(19(25-23)13-3-7-16(8-4-13)27(32)33)20(28)26(21(18)29)15-9-5-14(24)6-10-15/h3-10,12,17-19,25H,11H2,1-2H3,(H,30,31). The highest BCUT2D eigenvalue weighted by Gasteiger charge is 2.68. The number of carbonyl (C=O) groups is 3. The van der Waals surface area contributed by atoms with Crippen molar-refractivity contribution in [3.05, 3.63) is 70.0 Å². The molecule has 2 N–H and O–H groups in total. The number of carboxylic acid groups (broad SMARTS) is 1. The molecule has 2 heterocycles. The van der Waals surface area contributed by atoms with Crippen LogP contribution < -0.4 is 10.2 Å². The number of anilines is 1. The van der Waals surface area contributed by atoms with E-state index in [4.69, 9.17) is 0 Å². The van der Waals surface area contributed by atoms with Crippen LogP contribution in [0.3, 0.4) is 0 Å². The van der Waals surface area contributed by atoms with Crippen LogP contribution in [0.15, 0.2) is 48.5 Å². The van der Waals surface area contributed by atoms with Crippen molar-refractivity contribution >= 4 is 29.2 Å². The first kappa shape index (κ1) is 22.5. The third-order valence-corrected chi connectivity index (χ3v) is 6.31. The van der Waals surface area contributed by atoms with Crippen LogP contribution in [0.1, 0.15) is 31.9 Å². The van der Waals surface area contributed by atoms with E-state index in [-0.39, 0.29) is 23.7 Å². The van der Waals surface area contributed by atoms with Crippen molar-refractivity contribution in [3.63, 3.8) is 0 Å². The van der Waals surface area contributed by atoms with Gasteiger partial charge in [0.05, 0.1) is 22.4 Å². The van der Waals surface area contributed by atoms with E-state index in [1.165, 1.54) is 36.4 Å². The van der Waals surface area contributed by atoms with Gasteiger partial charge in [0, 0.05) is 18.2 Å². The van der Waals surface area contributed by atoms with E-state index in [9.17, 15) is 34.0 Å². The number of nitro groups is 1. The van der Waals surface area contributed by atoms with E-state index >= 15 is 0 Å². The first-order chi connectivity index (χ1) is 15.6. The summed E-state index contributed by atoms with van der Waals surface area (Å²) in [7, 11) is 0. The van der Waals surface area contributed by atoms with Crippen molar-refractivity contribution in [2.75, 3.05) is 4.90 Å². The summed E-state index contributed by atoms with van der Waals surface area (Å²) in [5.74, 6) is -5.42. The molecular formula is C23H22FN3O6. The molecule has 2 saturated heterocycles. The van der Waals surface area contributed by atoms with Crippen molar-refractivity contribution in [2.45, 2.75) is 31.8 Å². The van der Waals surface area contributed by atoms with Gasteiger partial charge in [0.15, 0.2) is 0 Å². The second-order valence-electron chi connectivity index (χ2n) is 8.84. The maximum Gasteiger partial charge on any atom is 0.324 e. The monoisotopic (exact) mass is 455 g/mol. The summed E-state index contributed by atoms with van der Waals surface area (Å²) in [6.07, 6.45) is 0.0866. The third-order valence-electron chi connectivity index (χ3n) is 6.31. The number of hydrogen-bond donors (Lipinski definition) is 2. The minimum atomic E-state index is -1.72. The highest BCUT2D eigenvalue weighted by atomic mass is 19.1. The van der Waals surface area contributed by atoms with Crippen molar-refractivity contribution in [2.24, 2.45) is 17.8 Å². The number of non-ortho nitro benzene ring substituents is 1. The van der Waals surface area contributed by atoms with Gasteiger partial charge in [-0.15, -0.1) is 0 Å². The lowest BCUT2D eigenvalue weighted by atomic mass is 9.75. The molecule has 4 atom stereocenters. The second kappa shape index (κ2) is 8.04. The van der Waals surface area contributed by atoms with Crippen LogP contribution in [0.25, 0.3) is 0 Å². The van der Waals surface area contributed by atoms with Crippen LogP contribution in [0.5, 0.6) is 0 Å². The molecule has 10 heteroatoms. The van der Waals surface area contributed by atoms with Gasteiger partial charge in [-0.25, -0.2) is 9.29 Å². The zero-order chi connectivity index (χ0) is 24.1. The predicted molar refractivity (Wildman–Crippen MR) is 115 cm³/mol. The number of amides is 2. The van der Waals surface area contributed by atoms with Crippen molar-refractivity contribution in [1.29, 1.82) is 0 Å². The fourth-order valence-electron chi connectivity index (χ4n) is 5.05. The largest absolute Gasteiger partial charge is 0.480 e. The van der Waals surface area contributed by atoms with E-state index in [1.807, 2.05) is 13.8 Å². The van der Waals surface area contributed by atoms with Gasteiger partial charge in [0.1, 0.15) is 11.4 Å². The van der Waals surface area contributed by atoms with Gasteiger partial charge in [0.25, 0.3) is 5.69 Å². The number of fused-ring (bicyclic) bond motifs is 1. The summed E-state index contributed by atoms with van der Waals surface area (Å²) in [5, 5.41) is 24.3. The molecule has 0 bridgehead atoms. The fraction of sp³-hybridized carbons (Fsp3) is 0.348. The molecule has 4 unspecified atom stereocenters. The van der Waals surface area contributed by atoms with Gasteiger partial charge in [-0.1, -0.05) is 26.0 Å². The summed E-state index contributed by atoms with van der Waals surface area (Å²) in [4.78, 5) is 51.0. The summed E-state index contributed by atoms with van der Waals surface area (Å²) in [6.45, 7) is 3.64. The fourth-order valence-corrected chi connectivity index (χ4v) is 5.05. The Morgan fingerprint density at radius 2 is 1.76 bits per heavy atom. The molecule has 172 valence electrons. The zero-order valence-electron chi connectivity index (χ0n) is 17.9. The Kier molecular flexibility index (Phi) is 5.49. The average Bonchev–Trinajstić information content (AvgIpc) is 3.23. The first-order valence-electron chi connectivity index (χ1n) is 10.5. The molecule has 2 fully saturated rings. The van der Waals surface area contributed by atoms with Gasteiger partial charge < -0.3 is 5.11 Å². The number of carbonyl (C=O) groups excluding carboxylic acids is 2. The normalized spacial score (nSPS) is 26.7. The van der Waals surface area contributed by atoms with E-state index in [0.29, 0.717) is 5.56 Å². The Bertz CT molecular complexity index is 1130. The Morgan fingerprint density at radius 1 is 1.15 bits per heavy atom. The molecule has 0 aromatic heterocycles. The molecule has 33 heavy (non-hydrogen) atoms. The lowest BCUT2D eigenvalue weighted by molar-refractivity contribution is -0.384. The highest BCUT2D eigenvalue weighted by Crippen LogP contribution is 2.51. The van der Waals surface area contributed by atoms with E-state index in [2.05, 4.69) is 5.32 Å². The quantitative estimate of drug-likeness (QED) is 0.389. The van der Waals surface area contributed by atoms with Gasteiger partial charge in [0.2, 0.25) is 11.8 Å². The summed E-state index contributed by atoms with van der Waals surface area (Å²) in [5.41, 5.74) is -1.24. The molecule has 9 nitrogen and oxygen atoms in total. The van der Waals surface area contributed by atoms with Crippen LogP contribution in [-0.4, -0.2) is 33.4 Å². The molecule has 0 radical (unpaired) electrons. The van der Waals surface area contributed by atoms with Gasteiger partial charge in [-0.05, 0) is 42.2 Å². The third kappa shape index (κ3) is 3.56. The number of nitrogens with zero attached hydrogens (tertiary/aromatic N) is 2. The molecule has 0 spiro atoms. The number of rotatable bonds is 6. The summed E-state index contributed by atoms with van der Waals surface area (Å²) in [6, 6.07) is 9.44. The summed E-state index contributed by atoms with van der Waals surface area (Å²) < 4.78 is 13.4. The molecule has 4 rings (SSSR count). The number of halogens is 1. The molecule has 0 saturated carbocycles. The van der Waals surface area contributed by atoms with Crippen LogP contribution in [0.2, 0.25) is 0 Å². The summed E-state index contributed by atoms with van der Waals surface area (Å²) >= 11 is 0. The molecule has 2 aliphatic heterocycles. The number of imide groups is 1. The lowest BCUT2D eigenvalue weighted by Crippen LogP contribution is -2.56. The lowest BCUT2D eigenvalue weighted by Gasteiger charge is -2.32. The Hall–Kier alpha value is -3.66. The number of hydrogen-bond acceptors (Lipinski definition) is 6. The topological polar surface area (TPSA) is 130 Å².